The average molecular weight is 387 g/mol. The number of amides is 1. The van der Waals surface area contributed by atoms with Gasteiger partial charge in [-0.05, 0) is 30.3 Å². The van der Waals surface area contributed by atoms with Gasteiger partial charge in [-0.2, -0.15) is 8.78 Å². The number of nitrogens with one attached hydrogen (secondary N) is 1. The van der Waals surface area contributed by atoms with Gasteiger partial charge in [0.1, 0.15) is 23.4 Å². The van der Waals surface area contributed by atoms with E-state index in [9.17, 15) is 13.6 Å². The van der Waals surface area contributed by atoms with Crippen LogP contribution < -0.4 is 14.8 Å². The Balaban J connectivity index is 1.89. The summed E-state index contributed by atoms with van der Waals surface area (Å²) in [4.78, 5) is 17.1. The van der Waals surface area contributed by atoms with Crippen LogP contribution in [0.15, 0.2) is 60.9 Å². The standard InChI is InChI=1S/C20H19F2N3O3/c1-25-12-11-23-18(25)17(15-5-3-4-6-16(15)27-2)24-19(26)13-7-9-14(10-8-13)28-20(21)22/h3-12,17,20H,1-2H3,(H,24,26). The highest BCUT2D eigenvalue weighted by molar-refractivity contribution is 5.94. The van der Waals surface area contributed by atoms with Crippen molar-refractivity contribution in [3.63, 3.8) is 0 Å². The van der Waals surface area contributed by atoms with Crippen LogP contribution >= 0.6 is 0 Å². The Kier molecular flexibility index (Phi) is 5.88. The van der Waals surface area contributed by atoms with Gasteiger partial charge >= 0.3 is 6.61 Å². The molecule has 0 aliphatic rings. The molecule has 0 saturated carbocycles. The predicted octanol–water partition coefficient (Wildman–Crippen LogP) is 3.55. The van der Waals surface area contributed by atoms with Crippen LogP contribution in [-0.2, 0) is 7.05 Å². The monoisotopic (exact) mass is 387 g/mol. The summed E-state index contributed by atoms with van der Waals surface area (Å²) in [6.07, 6.45) is 3.42. The lowest BCUT2D eigenvalue weighted by atomic mass is 10.0. The molecule has 8 heteroatoms. The van der Waals surface area contributed by atoms with Gasteiger partial charge in [0.15, 0.2) is 0 Å². The molecule has 28 heavy (non-hydrogen) atoms. The molecule has 3 rings (SSSR count). The van der Waals surface area contributed by atoms with E-state index in [2.05, 4.69) is 15.0 Å². The number of halogens is 2. The summed E-state index contributed by atoms with van der Waals surface area (Å²) in [7, 11) is 3.38. The third-order valence-electron chi connectivity index (χ3n) is 4.18. The van der Waals surface area contributed by atoms with Gasteiger partial charge in [-0.25, -0.2) is 4.98 Å². The molecule has 1 amide bonds. The van der Waals surface area contributed by atoms with Gasteiger partial charge in [-0.1, -0.05) is 18.2 Å². The molecule has 0 saturated heterocycles. The number of alkyl halides is 2. The van der Waals surface area contributed by atoms with Crippen LogP contribution in [0.2, 0.25) is 0 Å². The van der Waals surface area contributed by atoms with E-state index in [1.165, 1.54) is 24.3 Å². The minimum atomic E-state index is -2.92. The van der Waals surface area contributed by atoms with Crippen LogP contribution in [0.5, 0.6) is 11.5 Å². The maximum atomic E-state index is 12.8. The van der Waals surface area contributed by atoms with E-state index in [-0.39, 0.29) is 11.7 Å². The van der Waals surface area contributed by atoms with Crippen molar-refractivity contribution in [2.24, 2.45) is 7.05 Å². The number of benzene rings is 2. The highest BCUT2D eigenvalue weighted by Crippen LogP contribution is 2.29. The summed E-state index contributed by atoms with van der Waals surface area (Å²) in [6, 6.07) is 12.2. The molecule has 2 aromatic carbocycles. The Morgan fingerprint density at radius 2 is 1.86 bits per heavy atom. The van der Waals surface area contributed by atoms with Gasteiger partial charge in [-0.15, -0.1) is 0 Å². The smallest absolute Gasteiger partial charge is 0.387 e. The lowest BCUT2D eigenvalue weighted by Gasteiger charge is -2.21. The summed E-state index contributed by atoms with van der Waals surface area (Å²) in [5.41, 5.74) is 1.04. The molecule has 0 spiro atoms. The molecule has 0 radical (unpaired) electrons. The van der Waals surface area contributed by atoms with Crippen LogP contribution in [0.1, 0.15) is 27.8 Å². The van der Waals surface area contributed by atoms with Gasteiger partial charge in [0.05, 0.1) is 7.11 Å². The molecule has 1 heterocycles. The van der Waals surface area contributed by atoms with Gasteiger partial charge < -0.3 is 19.4 Å². The van der Waals surface area contributed by atoms with Crippen molar-refractivity contribution >= 4 is 5.91 Å². The molecule has 3 aromatic rings. The first-order valence-corrected chi connectivity index (χ1v) is 8.45. The second-order valence-corrected chi connectivity index (χ2v) is 5.95. The predicted molar refractivity (Wildman–Crippen MR) is 98.6 cm³/mol. The number of aromatic nitrogens is 2. The quantitative estimate of drug-likeness (QED) is 0.673. The summed E-state index contributed by atoms with van der Waals surface area (Å²) in [6.45, 7) is -2.92. The molecule has 0 fully saturated rings. The molecule has 1 atom stereocenters. The van der Waals surface area contributed by atoms with Crippen molar-refractivity contribution in [1.29, 1.82) is 0 Å². The largest absolute Gasteiger partial charge is 0.496 e. The zero-order valence-corrected chi connectivity index (χ0v) is 15.3. The summed E-state index contributed by atoms with van der Waals surface area (Å²) >= 11 is 0. The SMILES string of the molecule is COc1ccccc1C(NC(=O)c1ccc(OC(F)F)cc1)c1nccn1C. The molecular formula is C20H19F2N3O3. The molecule has 1 unspecified atom stereocenters. The van der Waals surface area contributed by atoms with E-state index < -0.39 is 12.7 Å². The maximum absolute atomic E-state index is 12.8. The number of rotatable bonds is 7. The van der Waals surface area contributed by atoms with Gasteiger partial charge in [-0.3, -0.25) is 4.79 Å². The molecule has 0 aliphatic carbocycles. The van der Waals surface area contributed by atoms with E-state index in [1.807, 2.05) is 25.2 Å². The number of para-hydroxylation sites is 1. The maximum Gasteiger partial charge on any atom is 0.387 e. The minimum Gasteiger partial charge on any atom is -0.496 e. The van der Waals surface area contributed by atoms with E-state index in [0.717, 1.165) is 5.56 Å². The Hall–Kier alpha value is -3.42. The fraction of sp³-hybridized carbons (Fsp3) is 0.200. The molecular weight excluding hydrogens is 368 g/mol. The van der Waals surface area contributed by atoms with Crippen LogP contribution in [-0.4, -0.2) is 29.2 Å². The Labute approximate surface area is 160 Å². The second-order valence-electron chi connectivity index (χ2n) is 5.95. The lowest BCUT2D eigenvalue weighted by molar-refractivity contribution is -0.0498. The number of carbonyl (C=O) groups is 1. The van der Waals surface area contributed by atoms with Crippen LogP contribution in [0.4, 0.5) is 8.78 Å². The number of carbonyl (C=O) groups excluding carboxylic acids is 1. The number of hydrogen-bond donors (Lipinski definition) is 1. The topological polar surface area (TPSA) is 65.4 Å². The molecule has 146 valence electrons. The van der Waals surface area contributed by atoms with Crippen molar-refractivity contribution in [1.82, 2.24) is 14.9 Å². The minimum absolute atomic E-state index is 0.0167. The first-order chi connectivity index (χ1) is 13.5. The van der Waals surface area contributed by atoms with Gasteiger partial charge in [0.2, 0.25) is 0 Å². The highest BCUT2D eigenvalue weighted by atomic mass is 19.3. The van der Waals surface area contributed by atoms with Crippen molar-refractivity contribution in [2.45, 2.75) is 12.7 Å². The molecule has 0 aliphatic heterocycles. The van der Waals surface area contributed by atoms with Crippen LogP contribution in [0.3, 0.4) is 0 Å². The number of ether oxygens (including phenoxy) is 2. The molecule has 1 N–H and O–H groups in total. The number of aryl methyl sites for hydroxylation is 1. The van der Waals surface area contributed by atoms with Crippen LogP contribution in [0, 0.1) is 0 Å². The lowest BCUT2D eigenvalue weighted by Crippen LogP contribution is -2.31. The normalized spacial score (nSPS) is 11.9. The van der Waals surface area contributed by atoms with Crippen LogP contribution in [0.25, 0.3) is 0 Å². The van der Waals surface area contributed by atoms with Gasteiger partial charge in [0.25, 0.3) is 5.91 Å². The van der Waals surface area contributed by atoms with E-state index in [0.29, 0.717) is 17.1 Å². The Bertz CT molecular complexity index is 942. The Morgan fingerprint density at radius 1 is 1.14 bits per heavy atom. The Morgan fingerprint density at radius 3 is 2.46 bits per heavy atom. The van der Waals surface area contributed by atoms with Crippen molar-refractivity contribution in [2.75, 3.05) is 7.11 Å². The van der Waals surface area contributed by atoms with Crippen molar-refractivity contribution in [3.05, 3.63) is 77.9 Å². The zero-order valence-electron chi connectivity index (χ0n) is 15.3. The fourth-order valence-electron chi connectivity index (χ4n) is 2.84. The fourth-order valence-corrected chi connectivity index (χ4v) is 2.84. The number of nitrogens with zero attached hydrogens (tertiary/aromatic N) is 2. The first kappa shape index (κ1) is 19.3. The number of imidazole rings is 1. The summed E-state index contributed by atoms with van der Waals surface area (Å²) in [5.74, 6) is 0.825. The highest BCUT2D eigenvalue weighted by Gasteiger charge is 2.24. The summed E-state index contributed by atoms with van der Waals surface area (Å²) < 4.78 is 36.1. The third-order valence-corrected chi connectivity index (χ3v) is 4.18. The van der Waals surface area contributed by atoms with Crippen molar-refractivity contribution < 1.29 is 23.0 Å². The average Bonchev–Trinajstić information content (AvgIpc) is 3.11. The third kappa shape index (κ3) is 4.28. The number of methoxy groups -OCH3 is 1. The van der Waals surface area contributed by atoms with E-state index >= 15 is 0 Å². The first-order valence-electron chi connectivity index (χ1n) is 8.45. The number of hydrogen-bond acceptors (Lipinski definition) is 4. The van der Waals surface area contributed by atoms with Crippen molar-refractivity contribution in [3.8, 4) is 11.5 Å². The van der Waals surface area contributed by atoms with Gasteiger partial charge in [0, 0.05) is 30.6 Å². The van der Waals surface area contributed by atoms with E-state index in [1.54, 1.807) is 30.1 Å². The molecule has 1 aromatic heterocycles. The molecule has 6 nitrogen and oxygen atoms in total. The second kappa shape index (κ2) is 8.51. The van der Waals surface area contributed by atoms with E-state index in [4.69, 9.17) is 4.74 Å². The summed E-state index contributed by atoms with van der Waals surface area (Å²) in [5, 5.41) is 2.94. The zero-order chi connectivity index (χ0) is 20.1. The molecule has 0 bridgehead atoms.